The van der Waals surface area contributed by atoms with E-state index in [2.05, 4.69) is 25.2 Å². The highest BCUT2D eigenvalue weighted by Gasteiger charge is 2.17. The van der Waals surface area contributed by atoms with E-state index in [1.54, 1.807) is 0 Å². The highest BCUT2D eigenvalue weighted by molar-refractivity contribution is 7.09. The van der Waals surface area contributed by atoms with Crippen LogP contribution in [0.2, 0.25) is 0 Å². The number of nitrogens with one attached hydrogen (secondary N) is 1. The number of nitrogens with zero attached hydrogens (tertiary/aromatic N) is 5. The van der Waals surface area contributed by atoms with Crippen LogP contribution in [-0.4, -0.2) is 30.5 Å². The first-order valence-electron chi connectivity index (χ1n) is 4.50. The number of anilines is 2. The Balaban J connectivity index is 2.23. The number of carbonyl (C=O) groups is 1. The standard InChI is InChI=1S/C7H9N7OS/c1-2-14-5(4(8)3-9-14)6(15)10-7-11-12-13-16-7/h3H,2,8H2,1H3,(H,10,11,13,15). The van der Waals surface area contributed by atoms with Crippen LogP contribution in [0.4, 0.5) is 10.8 Å². The monoisotopic (exact) mass is 239 g/mol. The number of aryl methyl sites for hydroxylation is 1. The van der Waals surface area contributed by atoms with E-state index in [9.17, 15) is 4.79 Å². The molecule has 2 aromatic heterocycles. The van der Waals surface area contributed by atoms with E-state index < -0.39 is 0 Å². The summed E-state index contributed by atoms with van der Waals surface area (Å²) in [6.07, 6.45) is 1.44. The van der Waals surface area contributed by atoms with E-state index in [1.165, 1.54) is 10.9 Å². The molecule has 0 aliphatic carbocycles. The molecule has 0 fully saturated rings. The molecular formula is C7H9N7OS. The van der Waals surface area contributed by atoms with Crippen molar-refractivity contribution >= 4 is 28.3 Å². The molecule has 2 rings (SSSR count). The molecule has 9 heteroatoms. The number of nitrogen functional groups attached to an aromatic ring is 1. The van der Waals surface area contributed by atoms with Crippen molar-refractivity contribution in [1.29, 1.82) is 0 Å². The minimum atomic E-state index is -0.365. The van der Waals surface area contributed by atoms with Crippen LogP contribution in [0.3, 0.4) is 0 Å². The zero-order valence-electron chi connectivity index (χ0n) is 8.41. The van der Waals surface area contributed by atoms with Gasteiger partial charge in [-0.25, -0.2) is 0 Å². The van der Waals surface area contributed by atoms with Crippen LogP contribution in [0.5, 0.6) is 0 Å². The van der Waals surface area contributed by atoms with E-state index >= 15 is 0 Å². The lowest BCUT2D eigenvalue weighted by atomic mass is 10.3. The van der Waals surface area contributed by atoms with Crippen LogP contribution < -0.4 is 11.1 Å². The molecule has 3 N–H and O–H groups in total. The highest BCUT2D eigenvalue weighted by Crippen LogP contribution is 2.14. The summed E-state index contributed by atoms with van der Waals surface area (Å²) in [5.41, 5.74) is 6.30. The minimum absolute atomic E-state index is 0.317. The molecule has 0 saturated heterocycles. The molecule has 1 amide bonds. The van der Waals surface area contributed by atoms with Gasteiger partial charge in [-0.15, -0.1) is 0 Å². The number of hydrogen-bond acceptors (Lipinski definition) is 7. The second-order valence-corrected chi connectivity index (χ2v) is 3.62. The predicted molar refractivity (Wildman–Crippen MR) is 58.0 cm³/mol. The van der Waals surface area contributed by atoms with Crippen molar-refractivity contribution in [3.63, 3.8) is 0 Å². The molecule has 8 nitrogen and oxygen atoms in total. The number of nitrogens with two attached hydrogens (primary N) is 1. The Bertz CT molecular complexity index is 491. The maximum atomic E-state index is 11.8. The van der Waals surface area contributed by atoms with E-state index in [0.29, 0.717) is 23.1 Å². The quantitative estimate of drug-likeness (QED) is 0.778. The molecule has 0 saturated carbocycles. The topological polar surface area (TPSA) is 112 Å². The Morgan fingerprint density at radius 2 is 2.50 bits per heavy atom. The van der Waals surface area contributed by atoms with Gasteiger partial charge in [0.15, 0.2) is 0 Å². The fourth-order valence-corrected chi connectivity index (χ4v) is 1.59. The van der Waals surface area contributed by atoms with Crippen molar-refractivity contribution in [2.75, 3.05) is 11.1 Å². The molecule has 0 aliphatic heterocycles. The lowest BCUT2D eigenvalue weighted by Crippen LogP contribution is -2.18. The van der Waals surface area contributed by atoms with Crippen LogP contribution in [-0.2, 0) is 6.54 Å². The zero-order valence-corrected chi connectivity index (χ0v) is 9.23. The smallest absolute Gasteiger partial charge is 0.277 e. The van der Waals surface area contributed by atoms with Crippen LogP contribution in [0, 0.1) is 0 Å². The summed E-state index contributed by atoms with van der Waals surface area (Å²) < 4.78 is 5.05. The lowest BCUT2D eigenvalue weighted by Gasteiger charge is -2.04. The van der Waals surface area contributed by atoms with Crippen LogP contribution >= 0.6 is 11.5 Å². The van der Waals surface area contributed by atoms with E-state index in [0.717, 1.165) is 11.5 Å². The van der Waals surface area contributed by atoms with Gasteiger partial charge in [-0.3, -0.25) is 14.8 Å². The third-order valence-electron chi connectivity index (χ3n) is 1.90. The second-order valence-electron chi connectivity index (χ2n) is 2.89. The Hall–Kier alpha value is -2.03. The van der Waals surface area contributed by atoms with E-state index in [-0.39, 0.29) is 5.91 Å². The number of amides is 1. The zero-order chi connectivity index (χ0) is 11.5. The van der Waals surface area contributed by atoms with E-state index in [4.69, 9.17) is 5.73 Å². The summed E-state index contributed by atoms with van der Waals surface area (Å²) in [6, 6.07) is 0. The fourth-order valence-electron chi connectivity index (χ4n) is 1.23. The average molecular weight is 239 g/mol. The maximum absolute atomic E-state index is 11.8. The van der Waals surface area contributed by atoms with Gasteiger partial charge < -0.3 is 5.73 Å². The van der Waals surface area contributed by atoms with Crippen molar-refractivity contribution in [1.82, 2.24) is 24.6 Å². The molecular weight excluding hydrogens is 230 g/mol. The van der Waals surface area contributed by atoms with Gasteiger partial charge >= 0.3 is 0 Å². The van der Waals surface area contributed by atoms with Gasteiger partial charge in [0.05, 0.1) is 11.9 Å². The first kappa shape index (κ1) is 10.5. The Morgan fingerprint density at radius 1 is 1.69 bits per heavy atom. The molecule has 2 heterocycles. The summed E-state index contributed by atoms with van der Waals surface area (Å²) in [7, 11) is 0. The van der Waals surface area contributed by atoms with Gasteiger partial charge in [-0.05, 0) is 12.1 Å². The number of carbonyl (C=O) groups excluding carboxylic acids is 1. The van der Waals surface area contributed by atoms with Crippen molar-refractivity contribution < 1.29 is 4.79 Å². The molecule has 0 spiro atoms. The van der Waals surface area contributed by atoms with Gasteiger partial charge in [0, 0.05) is 18.1 Å². The van der Waals surface area contributed by atoms with Crippen molar-refractivity contribution in [3.8, 4) is 0 Å². The summed E-state index contributed by atoms with van der Waals surface area (Å²) >= 11 is 0.993. The maximum Gasteiger partial charge on any atom is 0.277 e. The number of rotatable bonds is 3. The third kappa shape index (κ3) is 1.84. The SMILES string of the molecule is CCn1ncc(N)c1C(=O)Nc1nnns1. The average Bonchev–Trinajstić information content (AvgIpc) is 2.87. The second kappa shape index (κ2) is 4.23. The molecule has 2 aromatic rings. The summed E-state index contributed by atoms with van der Waals surface area (Å²) in [5.74, 6) is -0.365. The fraction of sp³-hybridized carbons (Fsp3) is 0.286. The molecule has 0 aliphatic rings. The molecule has 0 aromatic carbocycles. The third-order valence-corrected chi connectivity index (χ3v) is 2.41. The van der Waals surface area contributed by atoms with Gasteiger partial charge in [0.1, 0.15) is 5.69 Å². The van der Waals surface area contributed by atoms with Gasteiger partial charge in [0.2, 0.25) is 5.13 Å². The van der Waals surface area contributed by atoms with Crippen molar-refractivity contribution in [2.24, 2.45) is 0 Å². The van der Waals surface area contributed by atoms with Crippen molar-refractivity contribution in [3.05, 3.63) is 11.9 Å². The lowest BCUT2D eigenvalue weighted by molar-refractivity contribution is 0.101. The Morgan fingerprint density at radius 3 is 3.12 bits per heavy atom. The highest BCUT2D eigenvalue weighted by atomic mass is 32.1. The van der Waals surface area contributed by atoms with E-state index in [1.807, 2.05) is 6.92 Å². The summed E-state index contributed by atoms with van der Waals surface area (Å²) in [6.45, 7) is 2.43. The summed E-state index contributed by atoms with van der Waals surface area (Å²) in [5, 5.41) is 13.8. The largest absolute Gasteiger partial charge is 0.396 e. The molecule has 0 atom stereocenters. The minimum Gasteiger partial charge on any atom is -0.396 e. The summed E-state index contributed by atoms with van der Waals surface area (Å²) in [4.78, 5) is 11.8. The van der Waals surface area contributed by atoms with Gasteiger partial charge in [-0.1, -0.05) is 9.59 Å². The molecule has 0 radical (unpaired) electrons. The van der Waals surface area contributed by atoms with Crippen LogP contribution in [0.25, 0.3) is 0 Å². The molecule has 0 bridgehead atoms. The molecule has 84 valence electrons. The normalized spacial score (nSPS) is 10.3. The van der Waals surface area contributed by atoms with Crippen LogP contribution in [0.15, 0.2) is 6.20 Å². The number of aromatic nitrogens is 5. The molecule has 0 unspecified atom stereocenters. The Kier molecular flexibility index (Phi) is 2.77. The first-order chi connectivity index (χ1) is 7.72. The molecule has 16 heavy (non-hydrogen) atoms. The van der Waals surface area contributed by atoms with Gasteiger partial charge in [-0.2, -0.15) is 5.10 Å². The van der Waals surface area contributed by atoms with Crippen molar-refractivity contribution in [2.45, 2.75) is 13.5 Å². The predicted octanol–water partition coefficient (Wildman–Crippen LogP) is -0.0160. The first-order valence-corrected chi connectivity index (χ1v) is 5.27. The van der Waals surface area contributed by atoms with Gasteiger partial charge in [0.25, 0.3) is 5.91 Å². The van der Waals surface area contributed by atoms with Crippen LogP contribution in [0.1, 0.15) is 17.4 Å². The Labute approximate surface area is 94.6 Å². The number of hydrogen-bond donors (Lipinski definition) is 2.